The number of amides is 2. The molecule has 0 aliphatic rings. The number of rotatable bonds is 5. The van der Waals surface area contributed by atoms with Gasteiger partial charge in [0.25, 0.3) is 5.91 Å². The number of nitrogens with zero attached hydrogens (tertiary/aromatic N) is 1. The maximum Gasteiger partial charge on any atom is 0.253 e. The number of carbonyl (C=O) groups excluding carboxylic acids is 2. The molecule has 0 aliphatic heterocycles. The van der Waals surface area contributed by atoms with Crippen molar-refractivity contribution in [1.29, 1.82) is 0 Å². The van der Waals surface area contributed by atoms with E-state index in [1.54, 1.807) is 0 Å². The van der Waals surface area contributed by atoms with Crippen molar-refractivity contribution in [3.63, 3.8) is 0 Å². The Morgan fingerprint density at radius 1 is 1.17 bits per heavy atom. The lowest BCUT2D eigenvalue weighted by Crippen LogP contribution is -2.23. The maximum absolute atomic E-state index is 12.5. The molecule has 5 nitrogen and oxygen atoms in total. The van der Waals surface area contributed by atoms with Crippen LogP contribution >= 0.6 is 0 Å². The van der Waals surface area contributed by atoms with E-state index in [-0.39, 0.29) is 11.8 Å². The van der Waals surface area contributed by atoms with E-state index in [1.165, 1.54) is 6.92 Å². The summed E-state index contributed by atoms with van der Waals surface area (Å²) in [5, 5.41) is 5.69. The molecule has 0 spiro atoms. The van der Waals surface area contributed by atoms with Crippen molar-refractivity contribution in [3.05, 3.63) is 52.8 Å². The number of aryl methyl sites for hydroxylation is 1. The van der Waals surface area contributed by atoms with Gasteiger partial charge in [0.1, 0.15) is 0 Å². The fraction of sp³-hybridized carbons (Fsp3) is 0.368. The van der Waals surface area contributed by atoms with Crippen LogP contribution in [0, 0.1) is 13.8 Å². The quantitative estimate of drug-likeness (QED) is 0.882. The lowest BCUT2D eigenvalue weighted by molar-refractivity contribution is -0.114. The first-order valence-corrected chi connectivity index (χ1v) is 8.12. The molecule has 0 fully saturated rings. The van der Waals surface area contributed by atoms with E-state index < -0.39 is 0 Å². The van der Waals surface area contributed by atoms with Crippen molar-refractivity contribution >= 4 is 17.5 Å². The number of hydrogen-bond donors (Lipinski definition) is 2. The highest BCUT2D eigenvalue weighted by molar-refractivity contribution is 5.95. The molecule has 0 aliphatic carbocycles. The number of aromatic nitrogens is 1. The zero-order chi connectivity index (χ0) is 17.9. The second-order valence-electron chi connectivity index (χ2n) is 6.31. The van der Waals surface area contributed by atoms with E-state index in [1.807, 2.05) is 44.2 Å². The van der Waals surface area contributed by atoms with Crippen molar-refractivity contribution in [1.82, 2.24) is 9.88 Å². The molecule has 0 atom stereocenters. The van der Waals surface area contributed by atoms with Gasteiger partial charge in [-0.2, -0.15) is 0 Å². The average Bonchev–Trinajstić information content (AvgIpc) is 2.79. The van der Waals surface area contributed by atoms with Gasteiger partial charge in [0.05, 0.1) is 5.56 Å². The maximum atomic E-state index is 12.5. The Hall–Kier alpha value is -2.56. The Balaban J connectivity index is 2.09. The van der Waals surface area contributed by atoms with Gasteiger partial charge in [0, 0.05) is 36.6 Å². The summed E-state index contributed by atoms with van der Waals surface area (Å²) in [7, 11) is 0. The number of hydrogen-bond acceptors (Lipinski definition) is 2. The molecule has 1 aromatic carbocycles. The van der Waals surface area contributed by atoms with Crippen molar-refractivity contribution in [2.45, 2.75) is 47.2 Å². The van der Waals surface area contributed by atoms with Gasteiger partial charge in [-0.15, -0.1) is 0 Å². The first-order valence-electron chi connectivity index (χ1n) is 8.12. The van der Waals surface area contributed by atoms with Gasteiger partial charge in [0.2, 0.25) is 5.91 Å². The molecule has 0 bridgehead atoms. The fourth-order valence-electron chi connectivity index (χ4n) is 3.04. The van der Waals surface area contributed by atoms with E-state index >= 15 is 0 Å². The third kappa shape index (κ3) is 4.04. The minimum atomic E-state index is -0.114. The molecule has 1 aromatic heterocycles. The number of anilines is 1. The molecule has 5 heteroatoms. The second kappa shape index (κ2) is 7.34. The van der Waals surface area contributed by atoms with Gasteiger partial charge >= 0.3 is 0 Å². The van der Waals surface area contributed by atoms with Crippen molar-refractivity contribution < 1.29 is 9.59 Å². The van der Waals surface area contributed by atoms with E-state index in [0.717, 1.165) is 22.6 Å². The van der Waals surface area contributed by atoms with E-state index in [4.69, 9.17) is 0 Å². The number of nitrogens with one attached hydrogen (secondary N) is 2. The summed E-state index contributed by atoms with van der Waals surface area (Å²) in [6, 6.07) is 9.71. The molecular formula is C19H25N3O2. The summed E-state index contributed by atoms with van der Waals surface area (Å²) in [4.78, 5) is 23.6. The number of benzene rings is 1. The molecule has 0 saturated carbocycles. The van der Waals surface area contributed by atoms with Crippen LogP contribution in [0.4, 0.5) is 5.69 Å². The van der Waals surface area contributed by atoms with Crippen LogP contribution < -0.4 is 10.6 Å². The highest BCUT2D eigenvalue weighted by atomic mass is 16.2. The van der Waals surface area contributed by atoms with E-state index in [2.05, 4.69) is 29.0 Å². The van der Waals surface area contributed by atoms with Crippen LogP contribution in [-0.2, 0) is 11.3 Å². The standard InChI is InChI=1S/C19H25N3O2/c1-12(2)22-13(3)9-18(14(22)4)19(24)20-11-16-7-6-8-17(10-16)21-15(5)23/h6-10,12H,11H2,1-5H3,(H,20,24)(H,21,23). The molecule has 128 valence electrons. The van der Waals surface area contributed by atoms with Crippen molar-refractivity contribution in [2.75, 3.05) is 5.32 Å². The molecule has 0 saturated heterocycles. The topological polar surface area (TPSA) is 63.1 Å². The molecule has 2 N–H and O–H groups in total. The zero-order valence-corrected chi connectivity index (χ0v) is 14.9. The SMILES string of the molecule is CC(=O)Nc1cccc(CNC(=O)c2cc(C)n(C(C)C)c2C)c1. The van der Waals surface area contributed by atoms with Crippen LogP contribution in [0.5, 0.6) is 0 Å². The molecule has 2 amide bonds. The smallest absolute Gasteiger partial charge is 0.253 e. The molecule has 0 unspecified atom stereocenters. The predicted octanol–water partition coefficient (Wildman–Crippen LogP) is 3.57. The Kier molecular flexibility index (Phi) is 5.44. The molecule has 2 rings (SSSR count). The third-order valence-corrected chi connectivity index (χ3v) is 3.95. The van der Waals surface area contributed by atoms with Crippen LogP contribution in [-0.4, -0.2) is 16.4 Å². The predicted molar refractivity (Wildman–Crippen MR) is 96.2 cm³/mol. The molecule has 1 heterocycles. The first-order chi connectivity index (χ1) is 11.3. The van der Waals surface area contributed by atoms with E-state index in [9.17, 15) is 9.59 Å². The highest BCUT2D eigenvalue weighted by Gasteiger charge is 2.16. The molecular weight excluding hydrogens is 302 g/mol. The average molecular weight is 327 g/mol. The first kappa shape index (κ1) is 17.8. The Bertz CT molecular complexity index is 760. The summed E-state index contributed by atoms with van der Waals surface area (Å²) >= 11 is 0. The minimum absolute atomic E-state index is 0.0834. The Labute approximate surface area is 143 Å². The zero-order valence-electron chi connectivity index (χ0n) is 14.9. The second-order valence-corrected chi connectivity index (χ2v) is 6.31. The van der Waals surface area contributed by atoms with Crippen LogP contribution in [0.3, 0.4) is 0 Å². The van der Waals surface area contributed by atoms with Crippen LogP contribution in [0.15, 0.2) is 30.3 Å². The third-order valence-electron chi connectivity index (χ3n) is 3.95. The molecule has 2 aromatic rings. The lowest BCUT2D eigenvalue weighted by Gasteiger charge is -2.13. The van der Waals surface area contributed by atoms with Gasteiger partial charge in [-0.1, -0.05) is 12.1 Å². The minimum Gasteiger partial charge on any atom is -0.348 e. The van der Waals surface area contributed by atoms with Gasteiger partial charge in [-0.3, -0.25) is 9.59 Å². The fourth-order valence-corrected chi connectivity index (χ4v) is 3.04. The Morgan fingerprint density at radius 3 is 2.46 bits per heavy atom. The van der Waals surface area contributed by atoms with Crippen molar-refractivity contribution in [2.24, 2.45) is 0 Å². The normalized spacial score (nSPS) is 10.8. The summed E-state index contributed by atoms with van der Waals surface area (Å²) in [6.45, 7) is 10.1. The van der Waals surface area contributed by atoms with E-state index in [0.29, 0.717) is 18.2 Å². The lowest BCUT2D eigenvalue weighted by atomic mass is 10.2. The summed E-state index contributed by atoms with van der Waals surface area (Å²) in [5.74, 6) is -0.197. The van der Waals surface area contributed by atoms with Gasteiger partial charge in [0.15, 0.2) is 0 Å². The Morgan fingerprint density at radius 2 is 1.88 bits per heavy atom. The van der Waals surface area contributed by atoms with Crippen LogP contribution in [0.2, 0.25) is 0 Å². The summed E-state index contributed by atoms with van der Waals surface area (Å²) in [6.07, 6.45) is 0. The summed E-state index contributed by atoms with van der Waals surface area (Å²) in [5.41, 5.74) is 4.44. The van der Waals surface area contributed by atoms with Crippen LogP contribution in [0.1, 0.15) is 54.1 Å². The van der Waals surface area contributed by atoms with Crippen molar-refractivity contribution in [3.8, 4) is 0 Å². The highest BCUT2D eigenvalue weighted by Crippen LogP contribution is 2.20. The molecule has 24 heavy (non-hydrogen) atoms. The largest absolute Gasteiger partial charge is 0.348 e. The molecule has 0 radical (unpaired) electrons. The monoisotopic (exact) mass is 327 g/mol. The summed E-state index contributed by atoms with van der Waals surface area (Å²) < 4.78 is 2.16. The van der Waals surface area contributed by atoms with Gasteiger partial charge < -0.3 is 15.2 Å². The number of carbonyl (C=O) groups is 2. The van der Waals surface area contributed by atoms with Crippen LogP contribution in [0.25, 0.3) is 0 Å². The van der Waals surface area contributed by atoms with Gasteiger partial charge in [-0.25, -0.2) is 0 Å². The van der Waals surface area contributed by atoms with Gasteiger partial charge in [-0.05, 0) is 51.5 Å².